The maximum Gasteiger partial charge on any atom is 0.265 e. The minimum absolute atomic E-state index is 0.0295. The molecule has 7 nitrogen and oxygen atoms in total. The van der Waals surface area contributed by atoms with Crippen LogP contribution in [0, 0.1) is 6.92 Å². The van der Waals surface area contributed by atoms with Crippen molar-refractivity contribution in [2.45, 2.75) is 25.8 Å². The van der Waals surface area contributed by atoms with Gasteiger partial charge in [-0.05, 0) is 44.0 Å². The van der Waals surface area contributed by atoms with Gasteiger partial charge in [-0.1, -0.05) is 0 Å². The van der Waals surface area contributed by atoms with Gasteiger partial charge >= 0.3 is 0 Å². The van der Waals surface area contributed by atoms with Crippen molar-refractivity contribution >= 4 is 23.2 Å². The van der Waals surface area contributed by atoms with E-state index >= 15 is 0 Å². The van der Waals surface area contributed by atoms with Gasteiger partial charge in [-0.2, -0.15) is 0 Å². The van der Waals surface area contributed by atoms with Crippen LogP contribution in [0.15, 0.2) is 24.3 Å². The molecule has 2 aromatic rings. The van der Waals surface area contributed by atoms with Crippen LogP contribution in [-0.2, 0) is 4.79 Å². The molecule has 0 atom stereocenters. The first-order valence-corrected chi connectivity index (χ1v) is 10.8. The third kappa shape index (κ3) is 4.76. The number of thiazole rings is 1. The molecule has 2 fully saturated rings. The Morgan fingerprint density at radius 1 is 1.17 bits per heavy atom. The molecule has 2 heterocycles. The largest absolute Gasteiger partial charge is 0.497 e. The van der Waals surface area contributed by atoms with E-state index in [0.717, 1.165) is 34.9 Å². The Bertz CT molecular complexity index is 884. The summed E-state index contributed by atoms with van der Waals surface area (Å²) in [4.78, 5) is 34.3. The molecule has 8 heteroatoms. The van der Waals surface area contributed by atoms with Gasteiger partial charge < -0.3 is 15.0 Å². The number of rotatable bonds is 6. The second-order valence-corrected chi connectivity index (χ2v) is 8.57. The summed E-state index contributed by atoms with van der Waals surface area (Å²) in [5.74, 6) is 0.915. The number of carbonyl (C=O) groups excluding carboxylic acids is 2. The van der Waals surface area contributed by atoms with Crippen LogP contribution in [0.3, 0.4) is 0 Å². The number of nitrogens with one attached hydrogen (secondary N) is 1. The van der Waals surface area contributed by atoms with E-state index in [-0.39, 0.29) is 11.8 Å². The molecular weight excluding hydrogens is 388 g/mol. The Balaban J connectivity index is 1.36. The molecule has 0 spiro atoms. The first-order chi connectivity index (χ1) is 14.0. The molecule has 1 aromatic carbocycles. The zero-order chi connectivity index (χ0) is 20.4. The van der Waals surface area contributed by atoms with Crippen molar-refractivity contribution in [1.82, 2.24) is 20.1 Å². The van der Waals surface area contributed by atoms with Crippen LogP contribution < -0.4 is 10.1 Å². The number of aryl methyl sites for hydroxylation is 1. The molecule has 1 aromatic heterocycles. The Labute approximate surface area is 174 Å². The summed E-state index contributed by atoms with van der Waals surface area (Å²) in [6, 6.07) is 8.09. The van der Waals surface area contributed by atoms with E-state index in [1.807, 2.05) is 36.1 Å². The van der Waals surface area contributed by atoms with Crippen LogP contribution in [0.2, 0.25) is 0 Å². The van der Waals surface area contributed by atoms with Gasteiger partial charge in [0.05, 0.1) is 19.3 Å². The Kier molecular flexibility index (Phi) is 5.82. The average Bonchev–Trinajstić information content (AvgIpc) is 3.46. The third-order valence-corrected chi connectivity index (χ3v) is 6.49. The molecule has 0 radical (unpaired) electrons. The number of amides is 2. The summed E-state index contributed by atoms with van der Waals surface area (Å²) in [5.41, 5.74) is 1.74. The van der Waals surface area contributed by atoms with Crippen molar-refractivity contribution in [2.24, 2.45) is 0 Å². The van der Waals surface area contributed by atoms with Crippen LogP contribution in [0.25, 0.3) is 10.6 Å². The fourth-order valence-electron chi connectivity index (χ4n) is 3.41. The number of ether oxygens (including phenoxy) is 1. The molecule has 2 amide bonds. The minimum atomic E-state index is 0.0295. The van der Waals surface area contributed by atoms with Crippen LogP contribution in [0.5, 0.6) is 5.75 Å². The standard InChI is InChI=1S/C21H26N4O3S/c1-14-19(29-20(22-14)15-3-7-17(28-2)8-4-15)21(27)25-11-9-24(10-12-25)13-18(26)23-16-5-6-16/h3-4,7-8,16H,5-6,9-13H2,1-2H3,(H,23,26). The molecule has 1 aliphatic heterocycles. The highest BCUT2D eigenvalue weighted by molar-refractivity contribution is 7.17. The van der Waals surface area contributed by atoms with Crippen molar-refractivity contribution in [3.05, 3.63) is 34.8 Å². The molecule has 1 aliphatic carbocycles. The fraction of sp³-hybridized carbons (Fsp3) is 0.476. The van der Waals surface area contributed by atoms with Crippen LogP contribution in [0.1, 0.15) is 28.2 Å². The van der Waals surface area contributed by atoms with E-state index in [0.29, 0.717) is 43.6 Å². The summed E-state index contributed by atoms with van der Waals surface area (Å²) >= 11 is 1.43. The van der Waals surface area contributed by atoms with Gasteiger partial charge in [-0.25, -0.2) is 4.98 Å². The van der Waals surface area contributed by atoms with Crippen LogP contribution in [-0.4, -0.2) is 72.5 Å². The summed E-state index contributed by atoms with van der Waals surface area (Å²) in [6.45, 7) is 4.99. The quantitative estimate of drug-likeness (QED) is 0.784. The van der Waals surface area contributed by atoms with E-state index in [2.05, 4.69) is 15.2 Å². The normalized spacial score (nSPS) is 17.2. The molecule has 0 bridgehead atoms. The number of nitrogens with zero attached hydrogens (tertiary/aromatic N) is 3. The number of aromatic nitrogens is 1. The molecule has 154 valence electrons. The van der Waals surface area contributed by atoms with Crippen LogP contribution in [0.4, 0.5) is 0 Å². The maximum absolute atomic E-state index is 13.0. The third-order valence-electron chi connectivity index (χ3n) is 5.30. The van der Waals surface area contributed by atoms with Crippen molar-refractivity contribution in [3.63, 3.8) is 0 Å². The lowest BCUT2D eigenvalue weighted by molar-refractivity contribution is -0.122. The summed E-state index contributed by atoms with van der Waals surface area (Å²) in [6.07, 6.45) is 2.20. The van der Waals surface area contributed by atoms with Gasteiger partial charge in [0.2, 0.25) is 5.91 Å². The minimum Gasteiger partial charge on any atom is -0.497 e. The lowest BCUT2D eigenvalue weighted by atomic mass is 10.2. The number of hydrogen-bond acceptors (Lipinski definition) is 6. The molecule has 0 unspecified atom stereocenters. The second-order valence-electron chi connectivity index (χ2n) is 7.57. The topological polar surface area (TPSA) is 74.8 Å². The van der Waals surface area contributed by atoms with E-state index in [1.54, 1.807) is 7.11 Å². The maximum atomic E-state index is 13.0. The highest BCUT2D eigenvalue weighted by atomic mass is 32.1. The second kappa shape index (κ2) is 8.51. The van der Waals surface area contributed by atoms with Crippen molar-refractivity contribution in [1.29, 1.82) is 0 Å². The van der Waals surface area contributed by atoms with E-state index in [1.165, 1.54) is 11.3 Å². The van der Waals surface area contributed by atoms with E-state index < -0.39 is 0 Å². The average molecular weight is 415 g/mol. The zero-order valence-corrected chi connectivity index (χ0v) is 17.6. The lowest BCUT2D eigenvalue weighted by Crippen LogP contribution is -2.51. The number of methoxy groups -OCH3 is 1. The fourth-order valence-corrected chi connectivity index (χ4v) is 4.45. The van der Waals surface area contributed by atoms with Crippen molar-refractivity contribution < 1.29 is 14.3 Å². The molecule has 1 N–H and O–H groups in total. The Morgan fingerprint density at radius 2 is 1.86 bits per heavy atom. The molecular formula is C21H26N4O3S. The number of piperazine rings is 1. The summed E-state index contributed by atoms with van der Waals surface area (Å²) in [7, 11) is 1.64. The van der Waals surface area contributed by atoms with Gasteiger partial charge in [0.15, 0.2) is 0 Å². The van der Waals surface area contributed by atoms with Gasteiger partial charge in [-0.3, -0.25) is 14.5 Å². The molecule has 4 rings (SSSR count). The van der Waals surface area contributed by atoms with Gasteiger partial charge in [0.25, 0.3) is 5.91 Å². The highest BCUT2D eigenvalue weighted by Gasteiger charge is 2.28. The SMILES string of the molecule is COc1ccc(-c2nc(C)c(C(=O)N3CCN(CC(=O)NC4CC4)CC3)s2)cc1. The lowest BCUT2D eigenvalue weighted by Gasteiger charge is -2.34. The molecule has 29 heavy (non-hydrogen) atoms. The molecule has 2 aliphatic rings. The smallest absolute Gasteiger partial charge is 0.265 e. The zero-order valence-electron chi connectivity index (χ0n) is 16.8. The number of carbonyl (C=O) groups is 2. The first kappa shape index (κ1) is 19.8. The molecule has 1 saturated carbocycles. The number of benzene rings is 1. The van der Waals surface area contributed by atoms with Gasteiger partial charge in [-0.15, -0.1) is 11.3 Å². The molecule has 1 saturated heterocycles. The Morgan fingerprint density at radius 3 is 2.48 bits per heavy atom. The Hall–Kier alpha value is -2.45. The van der Waals surface area contributed by atoms with Crippen molar-refractivity contribution in [3.8, 4) is 16.3 Å². The van der Waals surface area contributed by atoms with Gasteiger partial charge in [0.1, 0.15) is 15.6 Å². The summed E-state index contributed by atoms with van der Waals surface area (Å²) in [5, 5.41) is 3.86. The predicted octanol–water partition coefficient (Wildman–Crippen LogP) is 2.16. The first-order valence-electron chi connectivity index (χ1n) is 9.96. The van der Waals surface area contributed by atoms with Crippen LogP contribution >= 0.6 is 11.3 Å². The van der Waals surface area contributed by atoms with Crippen molar-refractivity contribution in [2.75, 3.05) is 39.8 Å². The monoisotopic (exact) mass is 414 g/mol. The summed E-state index contributed by atoms with van der Waals surface area (Å²) < 4.78 is 5.20. The highest BCUT2D eigenvalue weighted by Crippen LogP contribution is 2.30. The van der Waals surface area contributed by atoms with E-state index in [4.69, 9.17) is 4.74 Å². The van der Waals surface area contributed by atoms with Gasteiger partial charge in [0, 0.05) is 37.8 Å². The predicted molar refractivity (Wildman–Crippen MR) is 112 cm³/mol. The van der Waals surface area contributed by atoms with E-state index in [9.17, 15) is 9.59 Å². The number of hydrogen-bond donors (Lipinski definition) is 1.